The summed E-state index contributed by atoms with van der Waals surface area (Å²) in [5.74, 6) is -2.34. The summed E-state index contributed by atoms with van der Waals surface area (Å²) in [6.07, 6.45) is 10.7. The molecule has 1 aromatic rings. The quantitative estimate of drug-likeness (QED) is 0.323. The maximum Gasteiger partial charge on any atom is 0.410 e. The number of hydrogen-bond donors (Lipinski definition) is 4. The second kappa shape index (κ2) is 14.5. The zero-order chi connectivity index (χ0) is 35.8. The summed E-state index contributed by atoms with van der Waals surface area (Å²) in [5, 5.41) is 8.08. The predicted octanol–water partition coefficient (Wildman–Crippen LogP) is 2.72. The number of benzene rings is 1. The van der Waals surface area contributed by atoms with Crippen LogP contribution < -0.4 is 20.7 Å². The first-order valence-corrected chi connectivity index (χ1v) is 20.0. The Morgan fingerprint density at radius 3 is 2.31 bits per heavy atom. The monoisotopic (exact) mass is 724 g/mol. The average molecular weight is 725 g/mol. The molecule has 14 nitrogen and oxygen atoms in total. The molecule has 276 valence electrons. The van der Waals surface area contributed by atoms with E-state index in [4.69, 9.17) is 4.74 Å². The third kappa shape index (κ3) is 7.87. The SMILES string of the molecule is O=C(NC1CCCC1)N[C@H]1CCCCC/C=C\[C@@H]2C[C@@]2(C(=O)NS(=O)(=O)C2CC2)NC(=O)[C@@H]2C[C@@H](OC(=O)N3Cc4ccccc4C3)CN2C1=O. The summed E-state index contributed by atoms with van der Waals surface area (Å²) in [4.78, 5) is 71.6. The molecule has 0 radical (unpaired) electrons. The van der Waals surface area contributed by atoms with E-state index in [0.29, 0.717) is 45.2 Å². The molecule has 0 spiro atoms. The average Bonchev–Trinajstić information content (AvgIpc) is 3.88. The second-order valence-corrected chi connectivity index (χ2v) is 17.0. The lowest BCUT2D eigenvalue weighted by atomic mass is 10.0. The largest absolute Gasteiger partial charge is 0.444 e. The van der Waals surface area contributed by atoms with Crippen LogP contribution in [0.25, 0.3) is 0 Å². The highest BCUT2D eigenvalue weighted by Gasteiger charge is 2.62. The second-order valence-electron chi connectivity index (χ2n) is 15.0. The number of hydrogen-bond acceptors (Lipinski definition) is 8. The van der Waals surface area contributed by atoms with Gasteiger partial charge in [0.15, 0.2) is 0 Å². The van der Waals surface area contributed by atoms with Crippen LogP contribution in [0.2, 0.25) is 0 Å². The molecule has 4 N–H and O–H groups in total. The molecule has 4 fully saturated rings. The van der Waals surface area contributed by atoms with Gasteiger partial charge in [0.2, 0.25) is 21.8 Å². The van der Waals surface area contributed by atoms with Crippen molar-refractivity contribution in [2.75, 3.05) is 6.54 Å². The lowest BCUT2D eigenvalue weighted by Gasteiger charge is -2.30. The number of carbonyl (C=O) groups is 5. The highest BCUT2D eigenvalue weighted by molar-refractivity contribution is 7.91. The summed E-state index contributed by atoms with van der Waals surface area (Å²) < 4.78 is 33.7. The zero-order valence-electron chi connectivity index (χ0n) is 28.8. The fourth-order valence-corrected chi connectivity index (χ4v) is 9.35. The van der Waals surface area contributed by atoms with E-state index in [1.807, 2.05) is 36.4 Å². The third-order valence-electron chi connectivity index (χ3n) is 11.2. The van der Waals surface area contributed by atoms with Crippen LogP contribution in [0.4, 0.5) is 9.59 Å². The van der Waals surface area contributed by atoms with Crippen molar-refractivity contribution in [3.05, 3.63) is 47.5 Å². The normalized spacial score (nSPS) is 30.5. The molecule has 3 aliphatic heterocycles. The van der Waals surface area contributed by atoms with Gasteiger partial charge in [0.25, 0.3) is 5.91 Å². The Morgan fingerprint density at radius 2 is 1.61 bits per heavy atom. The molecule has 7 rings (SSSR count). The fraction of sp³-hybridized carbons (Fsp3) is 0.639. The summed E-state index contributed by atoms with van der Waals surface area (Å²) in [5.41, 5.74) is 0.542. The van der Waals surface area contributed by atoms with Crippen LogP contribution in [-0.2, 0) is 42.2 Å². The number of ether oxygens (including phenoxy) is 1. The third-order valence-corrected chi connectivity index (χ3v) is 13.0. The van der Waals surface area contributed by atoms with E-state index in [2.05, 4.69) is 20.7 Å². The van der Waals surface area contributed by atoms with E-state index in [1.165, 1.54) is 4.90 Å². The van der Waals surface area contributed by atoms with Crippen molar-refractivity contribution < 1.29 is 37.1 Å². The highest BCUT2D eigenvalue weighted by atomic mass is 32.2. The Morgan fingerprint density at radius 1 is 0.902 bits per heavy atom. The molecule has 3 aliphatic carbocycles. The summed E-state index contributed by atoms with van der Waals surface area (Å²) in [6, 6.07) is 5.27. The van der Waals surface area contributed by atoms with E-state index < -0.39 is 74.8 Å². The summed E-state index contributed by atoms with van der Waals surface area (Å²) in [6.45, 7) is 0.684. The number of carbonyl (C=O) groups excluding carboxylic acids is 5. The standard InChI is InChI=1S/C36H48N6O8S/c43-31-30-18-27(50-35(47)41-20-23-10-6-7-11-24(23)21-41)22-42(30)32(44)29(38-34(46)37-26-13-8-9-14-26)15-5-3-1-2-4-12-25-19-36(25,39-31)33(45)40-51(48,49)28-16-17-28/h4,6-7,10-12,25-30H,1-3,5,8-9,13-22H2,(H,39,43)(H,40,45)(H2,37,38,46)/b12-4-/t25-,27-,29+,30+,36-/m1/s1. The first kappa shape index (κ1) is 35.3. The van der Waals surface area contributed by atoms with Gasteiger partial charge in [0.05, 0.1) is 11.8 Å². The van der Waals surface area contributed by atoms with Gasteiger partial charge in [-0.2, -0.15) is 0 Å². The molecule has 15 heteroatoms. The minimum Gasteiger partial charge on any atom is -0.444 e. The van der Waals surface area contributed by atoms with Gasteiger partial charge < -0.3 is 25.6 Å². The van der Waals surface area contributed by atoms with E-state index in [9.17, 15) is 32.4 Å². The smallest absolute Gasteiger partial charge is 0.410 e. The van der Waals surface area contributed by atoms with Crippen LogP contribution in [0.3, 0.4) is 0 Å². The van der Waals surface area contributed by atoms with E-state index in [0.717, 1.165) is 49.7 Å². The Balaban J connectivity index is 1.12. The zero-order valence-corrected chi connectivity index (χ0v) is 29.6. The van der Waals surface area contributed by atoms with Crippen LogP contribution in [0.1, 0.15) is 94.6 Å². The van der Waals surface area contributed by atoms with Crippen LogP contribution in [-0.4, -0.2) is 89.6 Å². The highest BCUT2D eigenvalue weighted by Crippen LogP contribution is 2.46. The van der Waals surface area contributed by atoms with Gasteiger partial charge >= 0.3 is 12.1 Å². The molecule has 0 bridgehead atoms. The molecule has 1 saturated heterocycles. The Labute approximate surface area is 298 Å². The molecule has 6 amide bonds. The molecule has 6 aliphatic rings. The number of rotatable bonds is 6. The van der Waals surface area contributed by atoms with Gasteiger partial charge in [-0.3, -0.25) is 24.0 Å². The van der Waals surface area contributed by atoms with Crippen molar-refractivity contribution in [3.8, 4) is 0 Å². The first-order chi connectivity index (χ1) is 24.5. The maximum atomic E-state index is 14.4. The van der Waals surface area contributed by atoms with Crippen molar-refractivity contribution in [2.45, 2.75) is 132 Å². The van der Waals surface area contributed by atoms with Crippen LogP contribution in [0.5, 0.6) is 0 Å². The number of amides is 6. The molecule has 3 heterocycles. The van der Waals surface area contributed by atoms with E-state index in [-0.39, 0.29) is 25.4 Å². The van der Waals surface area contributed by atoms with Gasteiger partial charge in [-0.05, 0) is 62.5 Å². The summed E-state index contributed by atoms with van der Waals surface area (Å²) in [7, 11) is -3.88. The van der Waals surface area contributed by atoms with Crippen molar-refractivity contribution >= 4 is 39.9 Å². The molecular formula is C36H48N6O8S. The number of urea groups is 1. The lowest BCUT2D eigenvalue weighted by molar-refractivity contribution is -0.141. The predicted molar refractivity (Wildman–Crippen MR) is 185 cm³/mol. The van der Waals surface area contributed by atoms with Gasteiger partial charge in [-0.25, -0.2) is 18.0 Å². The summed E-state index contributed by atoms with van der Waals surface area (Å²) >= 11 is 0. The maximum absolute atomic E-state index is 14.4. The molecule has 0 aromatic heterocycles. The van der Waals surface area contributed by atoms with Crippen LogP contribution in [0.15, 0.2) is 36.4 Å². The Hall–Kier alpha value is -4.14. The van der Waals surface area contributed by atoms with Gasteiger partial charge in [0, 0.05) is 31.5 Å². The molecule has 1 aromatic carbocycles. The van der Waals surface area contributed by atoms with Crippen LogP contribution in [0, 0.1) is 5.92 Å². The molecule has 0 unspecified atom stereocenters. The molecule has 5 atom stereocenters. The van der Waals surface area contributed by atoms with Gasteiger partial charge in [-0.15, -0.1) is 0 Å². The lowest BCUT2D eigenvalue weighted by Crippen LogP contribution is -2.59. The fourth-order valence-electron chi connectivity index (χ4n) is 7.98. The number of sulfonamides is 1. The van der Waals surface area contributed by atoms with Gasteiger partial charge in [-0.1, -0.05) is 62.1 Å². The minimum absolute atomic E-state index is 0.0241. The van der Waals surface area contributed by atoms with Gasteiger partial charge in [0.1, 0.15) is 23.7 Å². The van der Waals surface area contributed by atoms with E-state index >= 15 is 0 Å². The first-order valence-electron chi connectivity index (χ1n) is 18.5. The Kier molecular flexibility index (Phi) is 10.0. The Bertz CT molecular complexity index is 1670. The number of nitrogens with zero attached hydrogens (tertiary/aromatic N) is 2. The van der Waals surface area contributed by atoms with Crippen molar-refractivity contribution in [2.24, 2.45) is 5.92 Å². The molecule has 51 heavy (non-hydrogen) atoms. The topological polar surface area (TPSA) is 183 Å². The number of allylic oxidation sites excluding steroid dienone is 1. The van der Waals surface area contributed by atoms with Crippen LogP contribution >= 0.6 is 0 Å². The van der Waals surface area contributed by atoms with Crippen molar-refractivity contribution in [1.82, 2.24) is 30.5 Å². The molecular weight excluding hydrogens is 676 g/mol. The minimum atomic E-state index is -3.88. The van der Waals surface area contributed by atoms with Crippen molar-refractivity contribution in [1.29, 1.82) is 0 Å². The van der Waals surface area contributed by atoms with E-state index in [1.54, 1.807) is 4.90 Å². The number of nitrogens with one attached hydrogen (secondary N) is 4. The van der Waals surface area contributed by atoms with Crippen molar-refractivity contribution in [3.63, 3.8) is 0 Å². The number of fused-ring (bicyclic) bond motifs is 3. The molecule has 3 saturated carbocycles.